The molecule has 188 valence electrons. The van der Waals surface area contributed by atoms with E-state index in [9.17, 15) is 19.6 Å². The topological polar surface area (TPSA) is 107 Å². The van der Waals surface area contributed by atoms with Crippen LogP contribution in [0.5, 0.6) is 0 Å². The molecule has 2 aliphatic rings. The van der Waals surface area contributed by atoms with Crippen LogP contribution in [0, 0.1) is 18.3 Å². The summed E-state index contributed by atoms with van der Waals surface area (Å²) in [7, 11) is 0. The molecule has 35 heavy (non-hydrogen) atoms. The van der Waals surface area contributed by atoms with Gasteiger partial charge in [0.1, 0.15) is 21.8 Å². The van der Waals surface area contributed by atoms with Crippen LogP contribution < -0.4 is 10.5 Å². The summed E-state index contributed by atoms with van der Waals surface area (Å²) in [6, 6.07) is 2.09. The minimum Gasteiger partial charge on any atom is -0.481 e. The molecule has 8 nitrogen and oxygen atoms in total. The number of thiocarbonyl (C=S) groups is 1. The Bertz CT molecular complexity index is 1130. The monoisotopic (exact) mass is 516 g/mol. The molecule has 3 rings (SSSR count). The van der Waals surface area contributed by atoms with Gasteiger partial charge in [-0.05, 0) is 50.7 Å². The van der Waals surface area contributed by atoms with E-state index in [2.05, 4.69) is 17.9 Å². The smallest absolute Gasteiger partial charge is 0.303 e. The van der Waals surface area contributed by atoms with Crippen LogP contribution >= 0.6 is 24.0 Å². The summed E-state index contributed by atoms with van der Waals surface area (Å²) in [5.74, 6) is -0.217. The largest absolute Gasteiger partial charge is 0.481 e. The molecule has 2 aliphatic heterocycles. The third-order valence-electron chi connectivity index (χ3n) is 6.41. The third-order valence-corrected chi connectivity index (χ3v) is 7.79. The summed E-state index contributed by atoms with van der Waals surface area (Å²) in [6.07, 6.45) is 7.66. The number of amides is 1. The van der Waals surface area contributed by atoms with Gasteiger partial charge in [-0.15, -0.1) is 0 Å². The van der Waals surface area contributed by atoms with Crippen molar-refractivity contribution in [2.45, 2.75) is 71.8 Å². The molecular weight excluding hydrogens is 484 g/mol. The first-order valence-corrected chi connectivity index (χ1v) is 13.4. The number of hydrogen-bond acceptors (Lipinski definition) is 7. The van der Waals surface area contributed by atoms with Crippen molar-refractivity contribution < 1.29 is 14.7 Å². The Kier molecular flexibility index (Phi) is 9.52. The van der Waals surface area contributed by atoms with E-state index in [0.29, 0.717) is 47.1 Å². The quantitative estimate of drug-likeness (QED) is 0.264. The summed E-state index contributed by atoms with van der Waals surface area (Å²) in [5.41, 5.74) is 1.17. The number of anilines is 1. The fraction of sp³-hybridized carbons (Fsp3) is 0.560. The highest BCUT2D eigenvalue weighted by Gasteiger charge is 2.33. The van der Waals surface area contributed by atoms with E-state index in [4.69, 9.17) is 17.3 Å². The molecule has 1 aromatic heterocycles. The van der Waals surface area contributed by atoms with Crippen LogP contribution in [0.2, 0.25) is 0 Å². The van der Waals surface area contributed by atoms with E-state index in [1.54, 1.807) is 22.5 Å². The van der Waals surface area contributed by atoms with Crippen molar-refractivity contribution in [1.29, 1.82) is 5.26 Å². The maximum Gasteiger partial charge on any atom is 0.303 e. The van der Waals surface area contributed by atoms with E-state index >= 15 is 0 Å². The zero-order valence-electron chi connectivity index (χ0n) is 20.3. The molecule has 1 aromatic rings. The number of carbonyl (C=O) groups is 2. The molecule has 0 saturated carbocycles. The first kappa shape index (κ1) is 27.0. The number of carbonyl (C=O) groups excluding carboxylic acids is 1. The van der Waals surface area contributed by atoms with E-state index in [1.807, 2.05) is 0 Å². The van der Waals surface area contributed by atoms with Gasteiger partial charge in [-0.3, -0.25) is 23.9 Å². The van der Waals surface area contributed by atoms with Gasteiger partial charge < -0.3 is 10.0 Å². The van der Waals surface area contributed by atoms with Crippen molar-refractivity contribution in [3.63, 3.8) is 0 Å². The van der Waals surface area contributed by atoms with Crippen molar-refractivity contribution >= 4 is 52.1 Å². The zero-order valence-corrected chi connectivity index (χ0v) is 22.0. The van der Waals surface area contributed by atoms with Crippen LogP contribution in [-0.2, 0) is 16.1 Å². The number of pyridine rings is 1. The van der Waals surface area contributed by atoms with Crippen molar-refractivity contribution in [2.75, 3.05) is 24.5 Å². The second-order valence-electron chi connectivity index (χ2n) is 8.89. The number of carboxylic acids is 1. The van der Waals surface area contributed by atoms with Crippen molar-refractivity contribution in [2.24, 2.45) is 0 Å². The average molecular weight is 517 g/mol. The highest BCUT2D eigenvalue weighted by molar-refractivity contribution is 8.26. The Morgan fingerprint density at radius 3 is 2.51 bits per heavy atom. The minimum absolute atomic E-state index is 0.115. The van der Waals surface area contributed by atoms with E-state index in [0.717, 1.165) is 50.2 Å². The van der Waals surface area contributed by atoms with Gasteiger partial charge in [-0.1, -0.05) is 43.7 Å². The van der Waals surface area contributed by atoms with Gasteiger partial charge in [-0.2, -0.15) is 5.26 Å². The molecule has 0 aliphatic carbocycles. The molecule has 3 heterocycles. The number of hydrogen-bond donors (Lipinski definition) is 1. The fourth-order valence-electron chi connectivity index (χ4n) is 4.48. The van der Waals surface area contributed by atoms with Gasteiger partial charge >= 0.3 is 5.97 Å². The second kappa shape index (κ2) is 12.4. The molecule has 0 atom stereocenters. The highest BCUT2D eigenvalue weighted by atomic mass is 32.2. The maximum atomic E-state index is 13.2. The predicted octanol–water partition coefficient (Wildman–Crippen LogP) is 4.27. The van der Waals surface area contributed by atoms with E-state index in [-0.39, 0.29) is 23.5 Å². The lowest BCUT2D eigenvalue weighted by Gasteiger charge is -2.27. The zero-order chi connectivity index (χ0) is 25.5. The lowest BCUT2D eigenvalue weighted by Crippen LogP contribution is -2.33. The average Bonchev–Trinajstić information content (AvgIpc) is 3.44. The standard InChI is InChI=1S/C25H32N4O4S2/c1-3-4-13-28-22(27-11-8-9-12-27)18(17(2)19(16-26)23(28)32)15-20-24(33)29(25(34)35-20)14-7-5-6-10-21(30)31/h15H,3-14H2,1-2H3,(H,30,31)/b20-15-. The van der Waals surface area contributed by atoms with Crippen LogP contribution in [-0.4, -0.2) is 50.4 Å². The molecule has 2 saturated heterocycles. The van der Waals surface area contributed by atoms with Gasteiger partial charge in [0.15, 0.2) is 0 Å². The molecule has 1 amide bonds. The third kappa shape index (κ3) is 6.14. The molecule has 0 spiro atoms. The fourth-order valence-corrected chi connectivity index (χ4v) is 5.77. The SMILES string of the molecule is CCCCn1c(N2CCCC2)c(/C=C2\SC(=S)N(CCCCCC(=O)O)C2=O)c(C)c(C#N)c1=O. The molecule has 1 N–H and O–H groups in total. The van der Waals surface area contributed by atoms with Gasteiger partial charge in [-0.25, -0.2) is 0 Å². The summed E-state index contributed by atoms with van der Waals surface area (Å²) in [6.45, 7) is 6.46. The minimum atomic E-state index is -0.820. The Hall–Kier alpha value is -2.64. The number of thioether (sulfide) groups is 1. The van der Waals surface area contributed by atoms with E-state index < -0.39 is 5.97 Å². The number of aromatic nitrogens is 1. The van der Waals surface area contributed by atoms with Crippen LogP contribution in [0.4, 0.5) is 5.82 Å². The number of aliphatic carboxylic acids is 1. The lowest BCUT2D eigenvalue weighted by atomic mass is 10.0. The Morgan fingerprint density at radius 1 is 1.17 bits per heavy atom. The molecular formula is C25H32N4O4S2. The first-order chi connectivity index (χ1) is 16.8. The number of nitrogens with zero attached hydrogens (tertiary/aromatic N) is 4. The van der Waals surface area contributed by atoms with Gasteiger partial charge in [0.25, 0.3) is 11.5 Å². The Balaban J connectivity index is 1.97. The van der Waals surface area contributed by atoms with Crippen molar-refractivity contribution in [3.05, 3.63) is 31.9 Å². The van der Waals surface area contributed by atoms with Crippen molar-refractivity contribution in [3.8, 4) is 6.07 Å². The summed E-state index contributed by atoms with van der Waals surface area (Å²) in [5, 5.41) is 18.6. The summed E-state index contributed by atoms with van der Waals surface area (Å²) < 4.78 is 2.19. The number of nitriles is 1. The molecule has 0 bridgehead atoms. The van der Waals surface area contributed by atoms with E-state index in [1.165, 1.54) is 11.8 Å². The van der Waals surface area contributed by atoms with Crippen LogP contribution in [0.15, 0.2) is 9.70 Å². The van der Waals surface area contributed by atoms with Gasteiger partial charge in [0.2, 0.25) is 0 Å². The summed E-state index contributed by atoms with van der Waals surface area (Å²) in [4.78, 5) is 41.4. The van der Waals surface area contributed by atoms with Gasteiger partial charge in [0, 0.05) is 38.2 Å². The number of carboxylic acid groups (broad SMARTS) is 1. The first-order valence-electron chi connectivity index (χ1n) is 12.2. The van der Waals surface area contributed by atoms with Crippen molar-refractivity contribution in [1.82, 2.24) is 9.47 Å². The maximum absolute atomic E-state index is 13.2. The molecule has 10 heteroatoms. The van der Waals surface area contributed by atoms with Crippen LogP contribution in [0.3, 0.4) is 0 Å². The predicted molar refractivity (Wildman–Crippen MR) is 142 cm³/mol. The van der Waals surface area contributed by atoms with Crippen LogP contribution in [0.1, 0.15) is 75.0 Å². The Morgan fingerprint density at radius 2 is 1.89 bits per heavy atom. The Labute approximate surface area is 215 Å². The molecule has 0 unspecified atom stereocenters. The second-order valence-corrected chi connectivity index (χ2v) is 10.6. The van der Waals surface area contributed by atoms with Gasteiger partial charge in [0.05, 0.1) is 4.91 Å². The lowest BCUT2D eigenvalue weighted by molar-refractivity contribution is -0.137. The normalized spacial score (nSPS) is 17.0. The van der Waals surface area contributed by atoms with Crippen LogP contribution in [0.25, 0.3) is 6.08 Å². The highest BCUT2D eigenvalue weighted by Crippen LogP contribution is 2.36. The molecule has 0 radical (unpaired) electrons. The summed E-state index contributed by atoms with van der Waals surface area (Å²) >= 11 is 6.70. The molecule has 0 aromatic carbocycles. The number of rotatable bonds is 11. The number of unbranched alkanes of at least 4 members (excludes halogenated alkanes) is 3. The molecule has 2 fully saturated rings.